The van der Waals surface area contributed by atoms with Gasteiger partial charge in [-0.2, -0.15) is 11.8 Å². The second kappa shape index (κ2) is 5.28. The van der Waals surface area contributed by atoms with Crippen LogP contribution in [0.2, 0.25) is 0 Å². The van der Waals surface area contributed by atoms with Crippen molar-refractivity contribution >= 4 is 23.4 Å². The molecule has 3 rings (SSSR count). The lowest BCUT2D eigenvalue weighted by Gasteiger charge is -2.36. The molecule has 2 atom stereocenters. The van der Waals surface area contributed by atoms with Crippen LogP contribution in [-0.2, 0) is 12.8 Å². The molecule has 1 fully saturated rings. The zero-order valence-electron chi connectivity index (χ0n) is 12.1. The molecule has 0 amide bonds. The summed E-state index contributed by atoms with van der Waals surface area (Å²) in [4.78, 5) is 7.18. The Balaban J connectivity index is 2.01. The molecule has 4 nitrogen and oxygen atoms in total. The van der Waals surface area contributed by atoms with Gasteiger partial charge in [0.1, 0.15) is 11.7 Å². The van der Waals surface area contributed by atoms with Crippen LogP contribution < -0.4 is 10.6 Å². The fraction of sp³-hybridized carbons (Fsp3) is 0.600. The number of nitrogen functional groups attached to an aromatic ring is 1. The second-order valence-electron chi connectivity index (χ2n) is 5.89. The Labute approximate surface area is 124 Å². The Hall–Kier alpha value is -1.23. The molecule has 0 radical (unpaired) electrons. The maximum Gasteiger partial charge on any atom is 0.139 e. The van der Waals surface area contributed by atoms with Crippen molar-refractivity contribution in [3.05, 3.63) is 22.9 Å². The normalized spacial score (nSPS) is 25.6. The van der Waals surface area contributed by atoms with Gasteiger partial charge in [0, 0.05) is 29.3 Å². The van der Waals surface area contributed by atoms with Gasteiger partial charge in [0.25, 0.3) is 0 Å². The van der Waals surface area contributed by atoms with Crippen molar-refractivity contribution in [3.8, 4) is 0 Å². The van der Waals surface area contributed by atoms with E-state index in [2.05, 4.69) is 24.8 Å². The molecule has 1 aromatic heterocycles. The van der Waals surface area contributed by atoms with E-state index >= 15 is 0 Å². The molecule has 2 heterocycles. The molecule has 0 bridgehead atoms. The monoisotopic (exact) mass is 290 g/mol. The van der Waals surface area contributed by atoms with E-state index in [4.69, 9.17) is 16.1 Å². The van der Waals surface area contributed by atoms with Crippen molar-refractivity contribution in [3.63, 3.8) is 0 Å². The van der Waals surface area contributed by atoms with E-state index in [0.29, 0.717) is 10.5 Å². The van der Waals surface area contributed by atoms with E-state index in [1.54, 1.807) is 0 Å². The van der Waals surface area contributed by atoms with Crippen molar-refractivity contribution in [2.45, 2.75) is 43.6 Å². The number of fused-ring (bicyclic) bond motifs is 1. The number of hydrogen-bond acceptors (Lipinski definition) is 4. The number of aromatic nitrogens is 1. The Morgan fingerprint density at radius 3 is 2.70 bits per heavy atom. The number of rotatable bonds is 2. The molecule has 0 aromatic carbocycles. The minimum atomic E-state index is 0.140. The number of nitrogens with one attached hydrogen (secondary N) is 1. The number of amidine groups is 1. The first-order valence-electron chi connectivity index (χ1n) is 7.32. The first-order chi connectivity index (χ1) is 9.54. The maximum atomic E-state index is 7.86. The summed E-state index contributed by atoms with van der Waals surface area (Å²) in [6, 6.07) is 2.10. The smallest absolute Gasteiger partial charge is 0.139 e. The van der Waals surface area contributed by atoms with Gasteiger partial charge in [0.05, 0.1) is 5.56 Å². The predicted molar refractivity (Wildman–Crippen MR) is 86.0 cm³/mol. The zero-order valence-corrected chi connectivity index (χ0v) is 13.0. The van der Waals surface area contributed by atoms with E-state index in [9.17, 15) is 0 Å². The summed E-state index contributed by atoms with van der Waals surface area (Å²) in [6.07, 6.45) is 3.31. The van der Waals surface area contributed by atoms with Gasteiger partial charge in [-0.15, -0.1) is 0 Å². The van der Waals surface area contributed by atoms with Gasteiger partial charge in [-0.05, 0) is 30.9 Å². The van der Waals surface area contributed by atoms with Crippen LogP contribution in [-0.4, -0.2) is 34.4 Å². The largest absolute Gasteiger partial charge is 0.384 e. The highest BCUT2D eigenvalue weighted by Crippen LogP contribution is 2.32. The van der Waals surface area contributed by atoms with Crippen LogP contribution in [0.15, 0.2) is 6.07 Å². The van der Waals surface area contributed by atoms with E-state index in [-0.39, 0.29) is 5.84 Å². The third-order valence-corrected chi connectivity index (χ3v) is 5.27. The lowest BCUT2D eigenvalue weighted by molar-refractivity contribution is 0.715. The van der Waals surface area contributed by atoms with Gasteiger partial charge in [0.15, 0.2) is 0 Å². The molecular weight excluding hydrogens is 268 g/mol. The van der Waals surface area contributed by atoms with E-state index < -0.39 is 0 Å². The average molecular weight is 290 g/mol. The standard InChI is InChI=1S/C15H22N4S/c1-9-7-19(8-10(2)20-9)15-12(14(16)17)6-11-4-3-5-13(11)18-15/h6,9-10H,3-5,7-8H2,1-2H3,(H3,16,17). The quantitative estimate of drug-likeness (QED) is 0.647. The number of hydrogen-bond donors (Lipinski definition) is 2. The fourth-order valence-corrected chi connectivity index (χ4v) is 4.58. The molecule has 1 aliphatic carbocycles. The Morgan fingerprint density at radius 2 is 2.05 bits per heavy atom. The van der Waals surface area contributed by atoms with Crippen LogP contribution in [0.5, 0.6) is 0 Å². The first-order valence-corrected chi connectivity index (χ1v) is 8.26. The maximum absolute atomic E-state index is 7.86. The Kier molecular flexibility index (Phi) is 3.63. The number of nitrogens with two attached hydrogens (primary N) is 1. The average Bonchev–Trinajstić information content (AvgIpc) is 2.83. The first kappa shape index (κ1) is 13.7. The third kappa shape index (κ3) is 2.51. The summed E-state index contributed by atoms with van der Waals surface area (Å²) >= 11 is 2.02. The van der Waals surface area contributed by atoms with Crippen molar-refractivity contribution in [1.29, 1.82) is 5.41 Å². The van der Waals surface area contributed by atoms with Crippen LogP contribution in [0.25, 0.3) is 0 Å². The van der Waals surface area contributed by atoms with Gasteiger partial charge in [-0.25, -0.2) is 4.98 Å². The van der Waals surface area contributed by atoms with Crippen LogP contribution in [0.4, 0.5) is 5.82 Å². The number of aryl methyl sites for hydroxylation is 2. The SMILES string of the molecule is CC1CN(c2nc3c(cc2C(=N)N)CCC3)CC(C)S1. The number of nitrogens with zero attached hydrogens (tertiary/aromatic N) is 2. The molecular formula is C15H22N4S. The van der Waals surface area contributed by atoms with E-state index in [0.717, 1.165) is 37.3 Å². The molecule has 5 heteroatoms. The summed E-state index contributed by atoms with van der Waals surface area (Å²) in [6.45, 7) is 6.49. The molecule has 1 aliphatic heterocycles. The molecule has 1 aromatic rings. The van der Waals surface area contributed by atoms with Crippen molar-refractivity contribution in [2.24, 2.45) is 5.73 Å². The lowest BCUT2D eigenvalue weighted by Crippen LogP contribution is -2.42. The number of anilines is 1. The highest BCUT2D eigenvalue weighted by atomic mass is 32.2. The Bertz CT molecular complexity index is 533. The minimum absolute atomic E-state index is 0.140. The molecule has 0 saturated carbocycles. The number of thioether (sulfide) groups is 1. The van der Waals surface area contributed by atoms with Gasteiger partial charge < -0.3 is 10.6 Å². The van der Waals surface area contributed by atoms with Crippen molar-refractivity contribution in [1.82, 2.24) is 4.98 Å². The molecule has 3 N–H and O–H groups in total. The third-order valence-electron chi connectivity index (χ3n) is 4.04. The zero-order chi connectivity index (χ0) is 14.3. The van der Waals surface area contributed by atoms with Crippen LogP contribution in [0.1, 0.15) is 37.1 Å². The second-order valence-corrected chi connectivity index (χ2v) is 7.78. The molecule has 108 valence electrons. The molecule has 20 heavy (non-hydrogen) atoms. The predicted octanol–water partition coefficient (Wildman–Crippen LogP) is 2.18. The lowest BCUT2D eigenvalue weighted by atomic mass is 10.1. The van der Waals surface area contributed by atoms with Gasteiger partial charge >= 0.3 is 0 Å². The highest BCUT2D eigenvalue weighted by molar-refractivity contribution is 8.00. The molecule has 1 saturated heterocycles. The highest BCUT2D eigenvalue weighted by Gasteiger charge is 2.27. The minimum Gasteiger partial charge on any atom is -0.384 e. The molecule has 0 spiro atoms. The van der Waals surface area contributed by atoms with Gasteiger partial charge in [-0.1, -0.05) is 13.8 Å². The summed E-state index contributed by atoms with van der Waals surface area (Å²) < 4.78 is 0. The summed E-state index contributed by atoms with van der Waals surface area (Å²) in [7, 11) is 0. The van der Waals surface area contributed by atoms with Crippen LogP contribution in [0.3, 0.4) is 0 Å². The fourth-order valence-electron chi connectivity index (χ4n) is 3.25. The molecule has 2 unspecified atom stereocenters. The summed E-state index contributed by atoms with van der Waals surface area (Å²) in [5.41, 5.74) is 9.11. The van der Waals surface area contributed by atoms with Crippen molar-refractivity contribution < 1.29 is 0 Å². The van der Waals surface area contributed by atoms with E-state index in [1.807, 2.05) is 11.8 Å². The summed E-state index contributed by atoms with van der Waals surface area (Å²) in [5, 5.41) is 9.05. The Morgan fingerprint density at radius 1 is 1.35 bits per heavy atom. The van der Waals surface area contributed by atoms with Gasteiger partial charge in [-0.3, -0.25) is 5.41 Å². The summed E-state index contributed by atoms with van der Waals surface area (Å²) in [5.74, 6) is 1.07. The van der Waals surface area contributed by atoms with E-state index in [1.165, 1.54) is 17.7 Å². The van der Waals surface area contributed by atoms with Crippen molar-refractivity contribution in [2.75, 3.05) is 18.0 Å². The van der Waals surface area contributed by atoms with Crippen LogP contribution >= 0.6 is 11.8 Å². The molecule has 2 aliphatic rings. The van der Waals surface area contributed by atoms with Crippen LogP contribution in [0, 0.1) is 5.41 Å². The topological polar surface area (TPSA) is 66.0 Å². The number of pyridine rings is 1. The van der Waals surface area contributed by atoms with Gasteiger partial charge in [0.2, 0.25) is 0 Å².